The van der Waals surface area contributed by atoms with Gasteiger partial charge in [-0.25, -0.2) is 0 Å². The highest BCUT2D eigenvalue weighted by molar-refractivity contribution is 6.30. The van der Waals surface area contributed by atoms with Gasteiger partial charge < -0.3 is 20.4 Å². The molecule has 0 bridgehead atoms. The molecular weight excluding hydrogens is 570 g/mol. The number of benzene rings is 2. The smallest absolute Gasteiger partial charge is 0.250 e. The zero-order valence-electron chi connectivity index (χ0n) is 25.3. The summed E-state index contributed by atoms with van der Waals surface area (Å²) in [6.07, 6.45) is 8.57. The fraction of sp³-hybridized carbons (Fsp3) is 0.333. The molecule has 0 atom stereocenters. The lowest BCUT2D eigenvalue weighted by Gasteiger charge is -2.36. The maximum atomic E-state index is 12.6. The van der Waals surface area contributed by atoms with Gasteiger partial charge in [0.25, 0.3) is 5.91 Å². The molecule has 0 radical (unpaired) electrons. The molecule has 226 valence electrons. The fourth-order valence-electron chi connectivity index (χ4n) is 6.87. The predicted molar refractivity (Wildman–Crippen MR) is 179 cm³/mol. The second kappa shape index (κ2) is 11.5. The maximum absolute atomic E-state index is 12.6. The SMILES string of the molecule is CC1(C)CCC(CN2CC=C(c3ccc(C(N)=O)c(N4CCOc5nc6[nH]ccc6cc54)c3)CC2)=C(c2ccc(Cl)cc2)C1. The third-order valence-corrected chi connectivity index (χ3v) is 9.59. The highest BCUT2D eigenvalue weighted by Gasteiger charge is 2.30. The summed E-state index contributed by atoms with van der Waals surface area (Å²) in [5.74, 6) is 0.109. The van der Waals surface area contributed by atoms with Gasteiger partial charge in [0, 0.05) is 36.2 Å². The minimum Gasteiger partial charge on any atom is -0.474 e. The van der Waals surface area contributed by atoms with E-state index in [9.17, 15) is 4.79 Å². The van der Waals surface area contributed by atoms with Crippen LogP contribution in [-0.4, -0.2) is 53.6 Å². The Hall–Kier alpha value is -4.07. The molecule has 8 heteroatoms. The minimum absolute atomic E-state index is 0.299. The number of hydrogen-bond donors (Lipinski definition) is 2. The third kappa shape index (κ3) is 5.62. The third-order valence-electron chi connectivity index (χ3n) is 9.34. The zero-order valence-corrected chi connectivity index (χ0v) is 26.1. The highest BCUT2D eigenvalue weighted by atomic mass is 35.5. The number of allylic oxidation sites excluding steroid dienone is 1. The van der Waals surface area contributed by atoms with Gasteiger partial charge in [-0.05, 0) is 89.8 Å². The van der Waals surface area contributed by atoms with Gasteiger partial charge in [-0.1, -0.05) is 55.3 Å². The van der Waals surface area contributed by atoms with Gasteiger partial charge >= 0.3 is 0 Å². The Morgan fingerprint density at radius 1 is 1.05 bits per heavy atom. The molecule has 4 aromatic rings. The molecule has 2 aromatic carbocycles. The number of halogens is 1. The van der Waals surface area contributed by atoms with E-state index in [-0.39, 0.29) is 0 Å². The van der Waals surface area contributed by atoms with Crippen LogP contribution >= 0.6 is 11.6 Å². The fourth-order valence-corrected chi connectivity index (χ4v) is 7.00. The normalized spacial score (nSPS) is 18.6. The monoisotopic (exact) mass is 607 g/mol. The molecule has 0 saturated carbocycles. The second-order valence-electron chi connectivity index (χ2n) is 13.0. The second-order valence-corrected chi connectivity index (χ2v) is 13.4. The molecule has 7 nitrogen and oxygen atoms in total. The average molecular weight is 608 g/mol. The number of ether oxygens (including phenoxy) is 1. The first-order valence-electron chi connectivity index (χ1n) is 15.4. The van der Waals surface area contributed by atoms with Gasteiger partial charge in [-0.15, -0.1) is 0 Å². The number of pyridine rings is 1. The molecule has 1 aliphatic carbocycles. The Morgan fingerprint density at radius 3 is 2.64 bits per heavy atom. The number of nitrogens with two attached hydrogens (primary N) is 1. The Morgan fingerprint density at radius 2 is 1.86 bits per heavy atom. The van der Waals surface area contributed by atoms with Crippen LogP contribution < -0.4 is 15.4 Å². The summed E-state index contributed by atoms with van der Waals surface area (Å²) in [5.41, 5.74) is 15.8. The standard InChI is InChI=1S/C36H38ClN5O2/c1-36(2)13-9-27(30(21-36)24-3-6-28(37)7-4-24)22-41-15-11-23(12-16-41)25-5-8-29(33(38)43)31(19-25)42-17-18-44-35-32(42)20-26-10-14-39-34(26)40-35/h3-8,10-11,14,19-20H,9,12-13,15-18,21-22H2,1-2H3,(H2,38,43)(H,39,40). The lowest BCUT2D eigenvalue weighted by molar-refractivity contribution is 0.100. The van der Waals surface area contributed by atoms with E-state index in [1.807, 2.05) is 36.5 Å². The Kier molecular flexibility index (Phi) is 7.47. The number of H-pyrrole nitrogens is 1. The summed E-state index contributed by atoms with van der Waals surface area (Å²) in [6.45, 7) is 8.67. The number of aromatic nitrogens is 2. The van der Waals surface area contributed by atoms with Crippen molar-refractivity contribution in [2.75, 3.05) is 37.7 Å². The number of amides is 1. The van der Waals surface area contributed by atoms with Gasteiger partial charge in [0.1, 0.15) is 17.9 Å². The van der Waals surface area contributed by atoms with Gasteiger partial charge in [-0.2, -0.15) is 4.98 Å². The predicted octanol–water partition coefficient (Wildman–Crippen LogP) is 7.60. The Balaban J connectivity index is 1.15. The molecule has 0 saturated heterocycles. The molecule has 1 amide bonds. The van der Waals surface area contributed by atoms with E-state index in [1.54, 1.807) is 5.57 Å². The van der Waals surface area contributed by atoms with Crippen molar-refractivity contribution in [3.8, 4) is 5.88 Å². The van der Waals surface area contributed by atoms with Gasteiger partial charge in [0.15, 0.2) is 0 Å². The summed E-state index contributed by atoms with van der Waals surface area (Å²) in [6, 6.07) is 18.4. The van der Waals surface area contributed by atoms with Gasteiger partial charge in [0.2, 0.25) is 5.88 Å². The summed E-state index contributed by atoms with van der Waals surface area (Å²) in [7, 11) is 0. The summed E-state index contributed by atoms with van der Waals surface area (Å²) < 4.78 is 5.91. The molecule has 7 rings (SSSR count). The quantitative estimate of drug-likeness (QED) is 0.236. The zero-order chi connectivity index (χ0) is 30.4. The molecule has 0 unspecified atom stereocenters. The van der Waals surface area contributed by atoms with E-state index in [0.29, 0.717) is 30.0 Å². The number of carbonyl (C=O) groups excluding carboxylic acids is 1. The number of aromatic amines is 1. The van der Waals surface area contributed by atoms with Crippen molar-refractivity contribution in [3.05, 3.63) is 94.2 Å². The molecule has 2 aromatic heterocycles. The van der Waals surface area contributed by atoms with E-state index in [1.165, 1.54) is 23.1 Å². The van der Waals surface area contributed by atoms with E-state index in [2.05, 4.69) is 64.0 Å². The van der Waals surface area contributed by atoms with Crippen LogP contribution in [0.4, 0.5) is 11.4 Å². The summed E-state index contributed by atoms with van der Waals surface area (Å²) >= 11 is 6.21. The van der Waals surface area contributed by atoms with Gasteiger partial charge in [-0.3, -0.25) is 9.69 Å². The van der Waals surface area contributed by atoms with E-state index in [4.69, 9.17) is 22.1 Å². The number of anilines is 2. The molecule has 4 heterocycles. The van der Waals surface area contributed by atoms with Crippen molar-refractivity contribution in [3.63, 3.8) is 0 Å². The number of primary amides is 1. The molecular formula is C36H38ClN5O2. The first-order chi connectivity index (χ1) is 21.2. The van der Waals surface area contributed by atoms with Crippen molar-refractivity contribution in [1.82, 2.24) is 14.9 Å². The van der Waals surface area contributed by atoms with E-state index >= 15 is 0 Å². The average Bonchev–Trinajstić information content (AvgIpc) is 3.48. The molecule has 3 aliphatic rings. The van der Waals surface area contributed by atoms with Crippen molar-refractivity contribution < 1.29 is 9.53 Å². The minimum atomic E-state index is -0.445. The largest absolute Gasteiger partial charge is 0.474 e. The number of hydrogen-bond acceptors (Lipinski definition) is 5. The van der Waals surface area contributed by atoms with Crippen molar-refractivity contribution in [2.45, 2.75) is 39.5 Å². The van der Waals surface area contributed by atoms with Crippen molar-refractivity contribution >= 4 is 51.1 Å². The Bertz CT molecular complexity index is 1800. The summed E-state index contributed by atoms with van der Waals surface area (Å²) in [4.78, 5) is 25.1. The molecule has 3 N–H and O–H groups in total. The molecule has 0 fully saturated rings. The van der Waals surface area contributed by atoms with Crippen LogP contribution in [0.25, 0.3) is 22.2 Å². The van der Waals surface area contributed by atoms with Crippen LogP contribution in [-0.2, 0) is 0 Å². The van der Waals surface area contributed by atoms with Crippen LogP contribution in [0.2, 0.25) is 5.02 Å². The van der Waals surface area contributed by atoms with Crippen LogP contribution in [0.1, 0.15) is 61.0 Å². The lowest BCUT2D eigenvalue weighted by Crippen LogP contribution is -2.32. The lowest BCUT2D eigenvalue weighted by atomic mass is 9.72. The Labute approximate surface area is 263 Å². The molecule has 0 spiro atoms. The van der Waals surface area contributed by atoms with E-state index in [0.717, 1.165) is 71.9 Å². The van der Waals surface area contributed by atoms with Crippen molar-refractivity contribution in [2.24, 2.45) is 11.1 Å². The van der Waals surface area contributed by atoms with E-state index < -0.39 is 5.91 Å². The first kappa shape index (κ1) is 28.7. The number of carbonyl (C=O) groups is 1. The molecule has 44 heavy (non-hydrogen) atoms. The highest BCUT2D eigenvalue weighted by Crippen LogP contribution is 2.44. The summed E-state index contributed by atoms with van der Waals surface area (Å²) in [5, 5.41) is 1.76. The number of rotatable bonds is 6. The molecule has 2 aliphatic heterocycles. The maximum Gasteiger partial charge on any atom is 0.250 e. The van der Waals surface area contributed by atoms with Crippen molar-refractivity contribution in [1.29, 1.82) is 0 Å². The van der Waals surface area contributed by atoms with Crippen LogP contribution in [0.3, 0.4) is 0 Å². The van der Waals surface area contributed by atoms with Crippen LogP contribution in [0.15, 0.2) is 72.4 Å². The topological polar surface area (TPSA) is 87.5 Å². The number of nitrogens with one attached hydrogen (secondary N) is 1. The van der Waals surface area contributed by atoms with Gasteiger partial charge in [0.05, 0.1) is 17.8 Å². The first-order valence-corrected chi connectivity index (χ1v) is 15.8. The number of fused-ring (bicyclic) bond motifs is 2. The number of nitrogens with zero attached hydrogens (tertiary/aromatic N) is 3. The van der Waals surface area contributed by atoms with Crippen LogP contribution in [0, 0.1) is 5.41 Å². The van der Waals surface area contributed by atoms with Crippen LogP contribution in [0.5, 0.6) is 5.88 Å².